The van der Waals surface area contributed by atoms with Crippen LogP contribution in [0.2, 0.25) is 0 Å². The first-order chi connectivity index (χ1) is 9.86. The first-order valence-electron chi connectivity index (χ1n) is 6.75. The second-order valence-electron chi connectivity index (χ2n) is 5.03. The SMILES string of the molecule is COc1ccc2c(c1)/C(=C1/C=Cc3ccccc31)C=C2. The van der Waals surface area contributed by atoms with Crippen molar-refractivity contribution in [3.05, 3.63) is 76.9 Å². The molecular weight excluding hydrogens is 244 g/mol. The first kappa shape index (κ1) is 11.3. The van der Waals surface area contributed by atoms with Crippen LogP contribution in [0.4, 0.5) is 0 Å². The Morgan fingerprint density at radius 1 is 0.700 bits per heavy atom. The average molecular weight is 258 g/mol. The van der Waals surface area contributed by atoms with E-state index in [1.54, 1.807) is 7.11 Å². The first-order valence-corrected chi connectivity index (χ1v) is 6.75. The molecule has 96 valence electrons. The van der Waals surface area contributed by atoms with Gasteiger partial charge in [0.2, 0.25) is 0 Å². The van der Waals surface area contributed by atoms with Crippen LogP contribution >= 0.6 is 0 Å². The lowest BCUT2D eigenvalue weighted by Gasteiger charge is -2.09. The third-order valence-corrected chi connectivity index (χ3v) is 3.95. The van der Waals surface area contributed by atoms with Gasteiger partial charge in [-0.3, -0.25) is 0 Å². The van der Waals surface area contributed by atoms with Crippen LogP contribution in [-0.2, 0) is 0 Å². The van der Waals surface area contributed by atoms with Crippen molar-refractivity contribution in [2.75, 3.05) is 7.11 Å². The maximum atomic E-state index is 5.35. The highest BCUT2D eigenvalue weighted by Gasteiger charge is 2.19. The minimum Gasteiger partial charge on any atom is -0.497 e. The van der Waals surface area contributed by atoms with E-state index >= 15 is 0 Å². The predicted octanol–water partition coefficient (Wildman–Crippen LogP) is 4.66. The maximum Gasteiger partial charge on any atom is 0.119 e. The summed E-state index contributed by atoms with van der Waals surface area (Å²) in [5.41, 5.74) is 7.68. The highest BCUT2D eigenvalue weighted by molar-refractivity contribution is 6.10. The monoisotopic (exact) mass is 258 g/mol. The summed E-state index contributed by atoms with van der Waals surface area (Å²) in [6.07, 6.45) is 8.76. The largest absolute Gasteiger partial charge is 0.497 e. The lowest BCUT2D eigenvalue weighted by molar-refractivity contribution is 0.414. The number of ether oxygens (including phenoxy) is 1. The Balaban J connectivity index is 1.94. The maximum absolute atomic E-state index is 5.35. The summed E-state index contributed by atoms with van der Waals surface area (Å²) in [7, 11) is 1.71. The van der Waals surface area contributed by atoms with Gasteiger partial charge in [-0.2, -0.15) is 0 Å². The second-order valence-corrected chi connectivity index (χ2v) is 5.03. The van der Waals surface area contributed by atoms with Crippen LogP contribution in [-0.4, -0.2) is 7.11 Å². The van der Waals surface area contributed by atoms with Crippen LogP contribution in [0, 0.1) is 0 Å². The van der Waals surface area contributed by atoms with Crippen molar-refractivity contribution in [3.8, 4) is 5.75 Å². The van der Waals surface area contributed by atoms with Gasteiger partial charge in [0.1, 0.15) is 5.75 Å². The summed E-state index contributed by atoms with van der Waals surface area (Å²) in [4.78, 5) is 0. The Morgan fingerprint density at radius 3 is 2.20 bits per heavy atom. The van der Waals surface area contributed by atoms with E-state index in [2.05, 4.69) is 60.7 Å². The van der Waals surface area contributed by atoms with E-state index in [0.717, 1.165) is 5.75 Å². The van der Waals surface area contributed by atoms with Gasteiger partial charge in [0.05, 0.1) is 7.11 Å². The molecule has 0 aliphatic heterocycles. The van der Waals surface area contributed by atoms with Crippen molar-refractivity contribution in [2.45, 2.75) is 0 Å². The van der Waals surface area contributed by atoms with Crippen molar-refractivity contribution in [1.82, 2.24) is 0 Å². The lowest BCUT2D eigenvalue weighted by atomic mass is 9.97. The van der Waals surface area contributed by atoms with Crippen LogP contribution in [0.25, 0.3) is 23.3 Å². The van der Waals surface area contributed by atoms with Gasteiger partial charge < -0.3 is 4.74 Å². The van der Waals surface area contributed by atoms with E-state index in [0.29, 0.717) is 0 Å². The van der Waals surface area contributed by atoms with E-state index in [1.807, 2.05) is 6.07 Å². The van der Waals surface area contributed by atoms with Gasteiger partial charge in [-0.15, -0.1) is 0 Å². The minimum atomic E-state index is 0.904. The van der Waals surface area contributed by atoms with Crippen LogP contribution in [0.3, 0.4) is 0 Å². The molecule has 1 heteroatoms. The van der Waals surface area contributed by atoms with Gasteiger partial charge in [-0.1, -0.05) is 54.6 Å². The Hall–Kier alpha value is -2.54. The molecule has 0 saturated heterocycles. The fourth-order valence-corrected chi connectivity index (χ4v) is 2.92. The van der Waals surface area contributed by atoms with Gasteiger partial charge in [-0.25, -0.2) is 0 Å². The fourth-order valence-electron chi connectivity index (χ4n) is 2.92. The van der Waals surface area contributed by atoms with Crippen molar-refractivity contribution in [3.63, 3.8) is 0 Å². The molecule has 0 aromatic heterocycles. The molecule has 1 nitrogen and oxygen atoms in total. The molecule has 4 rings (SSSR count). The zero-order valence-electron chi connectivity index (χ0n) is 11.3. The second kappa shape index (κ2) is 4.24. The van der Waals surface area contributed by atoms with Crippen LogP contribution in [0.5, 0.6) is 5.75 Å². The average Bonchev–Trinajstić information content (AvgIpc) is 3.09. The van der Waals surface area contributed by atoms with E-state index in [9.17, 15) is 0 Å². The minimum absolute atomic E-state index is 0.904. The van der Waals surface area contributed by atoms with Crippen molar-refractivity contribution in [1.29, 1.82) is 0 Å². The molecule has 0 bridgehead atoms. The molecular formula is C19H14O. The third-order valence-electron chi connectivity index (χ3n) is 3.95. The van der Waals surface area contributed by atoms with Gasteiger partial charge in [0.25, 0.3) is 0 Å². The quantitative estimate of drug-likeness (QED) is 0.723. The Bertz CT molecular complexity index is 791. The number of allylic oxidation sites excluding steroid dienone is 4. The predicted molar refractivity (Wildman–Crippen MR) is 84.3 cm³/mol. The van der Waals surface area contributed by atoms with E-state index in [4.69, 9.17) is 4.74 Å². The Morgan fingerprint density at radius 2 is 1.40 bits per heavy atom. The molecule has 2 aromatic rings. The summed E-state index contributed by atoms with van der Waals surface area (Å²) >= 11 is 0. The highest BCUT2D eigenvalue weighted by atomic mass is 16.5. The zero-order valence-corrected chi connectivity index (χ0v) is 11.3. The molecule has 0 spiro atoms. The van der Waals surface area contributed by atoms with Gasteiger partial charge in [0.15, 0.2) is 0 Å². The molecule has 0 saturated carbocycles. The molecule has 2 aliphatic carbocycles. The molecule has 2 aromatic carbocycles. The zero-order chi connectivity index (χ0) is 13.5. The lowest BCUT2D eigenvalue weighted by Crippen LogP contribution is -1.89. The molecule has 0 unspecified atom stereocenters. The third kappa shape index (κ3) is 1.56. The normalized spacial score (nSPS) is 18.2. The molecule has 2 aliphatic rings. The number of methoxy groups -OCH3 is 1. The van der Waals surface area contributed by atoms with Crippen LogP contribution in [0.15, 0.2) is 54.6 Å². The summed E-state index contributed by atoms with van der Waals surface area (Å²) in [5, 5.41) is 0. The van der Waals surface area contributed by atoms with Crippen molar-refractivity contribution >= 4 is 23.3 Å². The smallest absolute Gasteiger partial charge is 0.119 e. The van der Waals surface area contributed by atoms with Crippen molar-refractivity contribution < 1.29 is 4.74 Å². The number of hydrogen-bond acceptors (Lipinski definition) is 1. The summed E-state index contributed by atoms with van der Waals surface area (Å²) in [5.74, 6) is 0.904. The molecule has 0 amide bonds. The fraction of sp³-hybridized carbons (Fsp3) is 0.0526. The Labute approximate surface area is 118 Å². The Kier molecular flexibility index (Phi) is 2.40. The topological polar surface area (TPSA) is 9.23 Å². The summed E-state index contributed by atoms with van der Waals surface area (Å²) < 4.78 is 5.35. The molecule has 0 N–H and O–H groups in total. The van der Waals surface area contributed by atoms with Crippen LogP contribution in [0.1, 0.15) is 22.3 Å². The van der Waals surface area contributed by atoms with Gasteiger partial charge >= 0.3 is 0 Å². The number of hydrogen-bond donors (Lipinski definition) is 0. The summed E-state index contributed by atoms with van der Waals surface area (Å²) in [6.45, 7) is 0. The molecule has 0 fully saturated rings. The van der Waals surface area contributed by atoms with Gasteiger partial charge in [0, 0.05) is 0 Å². The number of fused-ring (bicyclic) bond motifs is 2. The van der Waals surface area contributed by atoms with E-state index in [-0.39, 0.29) is 0 Å². The van der Waals surface area contributed by atoms with E-state index < -0.39 is 0 Å². The number of rotatable bonds is 1. The molecule has 20 heavy (non-hydrogen) atoms. The van der Waals surface area contributed by atoms with Gasteiger partial charge in [-0.05, 0) is 45.5 Å². The molecule has 0 atom stereocenters. The summed E-state index contributed by atoms with van der Waals surface area (Å²) in [6, 6.07) is 14.8. The highest BCUT2D eigenvalue weighted by Crippen LogP contribution is 2.41. The molecule has 0 heterocycles. The number of benzene rings is 2. The molecule has 0 radical (unpaired) electrons. The van der Waals surface area contributed by atoms with E-state index in [1.165, 1.54) is 33.4 Å². The van der Waals surface area contributed by atoms with Crippen molar-refractivity contribution in [2.24, 2.45) is 0 Å². The van der Waals surface area contributed by atoms with Crippen LogP contribution < -0.4 is 4.74 Å². The standard InChI is InChI=1S/C19H14O/c1-20-15-9-6-14-8-11-18(19(14)12-15)17-10-7-13-4-2-3-5-16(13)17/h2-12H,1H3/b18-17-.